The second kappa shape index (κ2) is 7.57. The van der Waals surface area contributed by atoms with Crippen molar-refractivity contribution in [1.29, 1.82) is 0 Å². The zero-order chi connectivity index (χ0) is 17.8. The average molecular weight is 345 g/mol. The fraction of sp³-hybridized carbons (Fsp3) is 0.444. The summed E-state index contributed by atoms with van der Waals surface area (Å²) in [6.07, 6.45) is -0.228. The van der Waals surface area contributed by atoms with E-state index >= 15 is 0 Å². The van der Waals surface area contributed by atoms with Gasteiger partial charge in [0, 0.05) is 13.6 Å². The number of aryl methyl sites for hydroxylation is 2. The lowest BCUT2D eigenvalue weighted by atomic mass is 10.2. The molecule has 0 bridgehead atoms. The number of hydrogen-bond acceptors (Lipinski definition) is 5. The average Bonchev–Trinajstić information content (AvgIpc) is 2.81. The standard InChI is InChI=1S/C18H23N3O4/c1-13-10-17(20(2)19-13)18(22)21-8-9-24-12-16(11-21)25-15-6-4-14(23-3)5-7-15/h4-7,10,16H,8-9,11-12H2,1-3H3/t16-/m1/s1. The monoisotopic (exact) mass is 345 g/mol. The van der Waals surface area contributed by atoms with Crippen molar-refractivity contribution in [3.8, 4) is 11.5 Å². The molecule has 0 N–H and O–H groups in total. The summed E-state index contributed by atoms with van der Waals surface area (Å²) in [5.41, 5.74) is 1.39. The van der Waals surface area contributed by atoms with Gasteiger partial charge in [0.15, 0.2) is 0 Å². The van der Waals surface area contributed by atoms with Crippen LogP contribution in [0.25, 0.3) is 0 Å². The summed E-state index contributed by atoms with van der Waals surface area (Å²) in [5, 5.41) is 4.25. The SMILES string of the molecule is COc1ccc(O[C@H]2COCCN(C(=O)c3cc(C)nn3C)C2)cc1. The Bertz CT molecular complexity index is 726. The molecular weight excluding hydrogens is 322 g/mol. The molecular formula is C18H23N3O4. The van der Waals surface area contributed by atoms with E-state index in [2.05, 4.69) is 5.10 Å². The van der Waals surface area contributed by atoms with Crippen LogP contribution in [-0.4, -0.2) is 60.1 Å². The molecule has 3 rings (SSSR count). The van der Waals surface area contributed by atoms with E-state index in [1.165, 1.54) is 0 Å². The van der Waals surface area contributed by atoms with Crippen LogP contribution >= 0.6 is 0 Å². The number of rotatable bonds is 4. The van der Waals surface area contributed by atoms with Crippen molar-refractivity contribution in [1.82, 2.24) is 14.7 Å². The van der Waals surface area contributed by atoms with Crippen LogP contribution < -0.4 is 9.47 Å². The lowest BCUT2D eigenvalue weighted by Gasteiger charge is -2.24. The van der Waals surface area contributed by atoms with Crippen molar-refractivity contribution in [2.24, 2.45) is 7.05 Å². The molecule has 1 amide bonds. The van der Waals surface area contributed by atoms with Crippen LogP contribution in [0.5, 0.6) is 11.5 Å². The third-order valence-corrected chi connectivity index (χ3v) is 4.10. The minimum absolute atomic E-state index is 0.0584. The number of hydrogen-bond donors (Lipinski definition) is 0. The molecule has 1 fully saturated rings. The molecule has 134 valence electrons. The van der Waals surface area contributed by atoms with E-state index in [1.54, 1.807) is 29.8 Å². The topological polar surface area (TPSA) is 65.8 Å². The largest absolute Gasteiger partial charge is 0.497 e. The van der Waals surface area contributed by atoms with Gasteiger partial charge in [-0.25, -0.2) is 0 Å². The number of nitrogens with zero attached hydrogens (tertiary/aromatic N) is 3. The first kappa shape index (κ1) is 17.3. The third-order valence-electron chi connectivity index (χ3n) is 4.10. The molecule has 0 unspecified atom stereocenters. The van der Waals surface area contributed by atoms with Gasteiger partial charge >= 0.3 is 0 Å². The quantitative estimate of drug-likeness (QED) is 0.843. The Morgan fingerprint density at radius 3 is 2.64 bits per heavy atom. The maximum atomic E-state index is 12.8. The highest BCUT2D eigenvalue weighted by molar-refractivity contribution is 5.92. The van der Waals surface area contributed by atoms with E-state index in [-0.39, 0.29) is 12.0 Å². The van der Waals surface area contributed by atoms with Crippen LogP contribution in [0.4, 0.5) is 0 Å². The van der Waals surface area contributed by atoms with Crippen molar-refractivity contribution in [2.75, 3.05) is 33.4 Å². The first-order chi connectivity index (χ1) is 12.1. The van der Waals surface area contributed by atoms with Crippen LogP contribution in [0, 0.1) is 6.92 Å². The molecule has 1 aromatic carbocycles. The van der Waals surface area contributed by atoms with Gasteiger partial charge in [-0.15, -0.1) is 0 Å². The number of ether oxygens (including phenoxy) is 3. The van der Waals surface area contributed by atoms with Gasteiger partial charge < -0.3 is 19.1 Å². The number of aromatic nitrogens is 2. The Morgan fingerprint density at radius 2 is 2.00 bits per heavy atom. The summed E-state index contributed by atoms with van der Waals surface area (Å²) in [7, 11) is 3.40. The summed E-state index contributed by atoms with van der Waals surface area (Å²) < 4.78 is 18.4. The van der Waals surface area contributed by atoms with Crippen LogP contribution in [0.1, 0.15) is 16.2 Å². The Kier molecular flexibility index (Phi) is 5.23. The highest BCUT2D eigenvalue weighted by Crippen LogP contribution is 2.19. The number of carbonyl (C=O) groups is 1. The molecule has 2 heterocycles. The molecule has 1 aromatic heterocycles. The molecule has 1 aliphatic rings. The summed E-state index contributed by atoms with van der Waals surface area (Å²) in [6, 6.07) is 9.18. The molecule has 0 spiro atoms. The van der Waals surface area contributed by atoms with E-state index in [1.807, 2.05) is 31.2 Å². The fourth-order valence-corrected chi connectivity index (χ4v) is 2.85. The first-order valence-corrected chi connectivity index (χ1v) is 8.25. The second-order valence-electron chi connectivity index (χ2n) is 6.04. The number of methoxy groups -OCH3 is 1. The number of carbonyl (C=O) groups excluding carboxylic acids is 1. The maximum absolute atomic E-state index is 12.8. The van der Waals surface area contributed by atoms with Gasteiger partial charge in [-0.1, -0.05) is 0 Å². The normalized spacial score (nSPS) is 17.9. The van der Waals surface area contributed by atoms with E-state index in [0.29, 0.717) is 32.0 Å². The van der Waals surface area contributed by atoms with Gasteiger partial charge in [-0.2, -0.15) is 5.10 Å². The van der Waals surface area contributed by atoms with Gasteiger partial charge in [-0.05, 0) is 37.3 Å². The van der Waals surface area contributed by atoms with Crippen LogP contribution in [-0.2, 0) is 11.8 Å². The van der Waals surface area contributed by atoms with Crippen molar-refractivity contribution >= 4 is 5.91 Å². The van der Waals surface area contributed by atoms with Gasteiger partial charge in [0.25, 0.3) is 5.91 Å². The molecule has 1 atom stereocenters. The Balaban J connectivity index is 1.69. The van der Waals surface area contributed by atoms with E-state index < -0.39 is 0 Å². The van der Waals surface area contributed by atoms with E-state index in [4.69, 9.17) is 14.2 Å². The van der Waals surface area contributed by atoms with Crippen molar-refractivity contribution in [3.05, 3.63) is 41.7 Å². The Hall–Kier alpha value is -2.54. The minimum atomic E-state index is -0.228. The maximum Gasteiger partial charge on any atom is 0.272 e. The first-order valence-electron chi connectivity index (χ1n) is 8.25. The Morgan fingerprint density at radius 1 is 1.28 bits per heavy atom. The predicted molar refractivity (Wildman–Crippen MR) is 92.1 cm³/mol. The molecule has 1 aliphatic heterocycles. The molecule has 1 saturated heterocycles. The minimum Gasteiger partial charge on any atom is -0.497 e. The van der Waals surface area contributed by atoms with Gasteiger partial charge in [0.05, 0.1) is 32.6 Å². The molecule has 25 heavy (non-hydrogen) atoms. The van der Waals surface area contributed by atoms with Crippen LogP contribution in [0.15, 0.2) is 30.3 Å². The molecule has 2 aromatic rings. The van der Waals surface area contributed by atoms with Gasteiger partial charge in [-0.3, -0.25) is 9.48 Å². The smallest absolute Gasteiger partial charge is 0.272 e. The summed E-state index contributed by atoms with van der Waals surface area (Å²) in [5.74, 6) is 1.44. The summed E-state index contributed by atoms with van der Waals surface area (Å²) >= 11 is 0. The lowest BCUT2D eigenvalue weighted by molar-refractivity contribution is 0.0645. The lowest BCUT2D eigenvalue weighted by Crippen LogP contribution is -2.40. The number of benzene rings is 1. The van der Waals surface area contributed by atoms with E-state index in [9.17, 15) is 4.79 Å². The second-order valence-corrected chi connectivity index (χ2v) is 6.04. The fourth-order valence-electron chi connectivity index (χ4n) is 2.85. The highest BCUT2D eigenvalue weighted by atomic mass is 16.5. The van der Waals surface area contributed by atoms with Crippen molar-refractivity contribution < 1.29 is 19.0 Å². The molecule has 7 heteroatoms. The van der Waals surface area contributed by atoms with Crippen molar-refractivity contribution in [2.45, 2.75) is 13.0 Å². The zero-order valence-corrected chi connectivity index (χ0v) is 14.8. The number of amides is 1. The summed E-state index contributed by atoms with van der Waals surface area (Å²) in [6.45, 7) is 3.81. The zero-order valence-electron chi connectivity index (χ0n) is 14.8. The molecule has 0 aliphatic carbocycles. The Labute approximate surface area is 147 Å². The van der Waals surface area contributed by atoms with Gasteiger partial charge in [0.2, 0.25) is 0 Å². The van der Waals surface area contributed by atoms with Crippen molar-refractivity contribution in [3.63, 3.8) is 0 Å². The van der Waals surface area contributed by atoms with Crippen LogP contribution in [0.3, 0.4) is 0 Å². The van der Waals surface area contributed by atoms with E-state index in [0.717, 1.165) is 17.2 Å². The molecule has 0 radical (unpaired) electrons. The van der Waals surface area contributed by atoms with Crippen LogP contribution in [0.2, 0.25) is 0 Å². The van der Waals surface area contributed by atoms with Gasteiger partial charge in [0.1, 0.15) is 23.3 Å². The summed E-state index contributed by atoms with van der Waals surface area (Å²) in [4.78, 5) is 14.6. The predicted octanol–water partition coefficient (Wildman–Crippen LogP) is 1.66. The highest BCUT2D eigenvalue weighted by Gasteiger charge is 2.26. The molecule has 7 nitrogen and oxygen atoms in total. The third kappa shape index (κ3) is 4.11. The molecule has 0 saturated carbocycles.